The Bertz CT molecular complexity index is 972. The number of hydrogen-bond donors (Lipinski definition) is 2. The third-order valence-electron chi connectivity index (χ3n) is 6.09. The lowest BCUT2D eigenvalue weighted by atomic mass is 9.82. The first-order valence-corrected chi connectivity index (χ1v) is 10.5. The Morgan fingerprint density at radius 2 is 1.93 bits per heavy atom. The van der Waals surface area contributed by atoms with Gasteiger partial charge in [-0.05, 0) is 50.5 Å². The van der Waals surface area contributed by atoms with E-state index in [1.54, 1.807) is 0 Å². The van der Waals surface area contributed by atoms with Gasteiger partial charge in [0.1, 0.15) is 12.1 Å². The molecule has 1 aliphatic heterocycles. The molecule has 2 N–H and O–H groups in total. The maximum Gasteiger partial charge on any atom is 0.325 e. The molecule has 2 fully saturated rings. The Morgan fingerprint density at radius 3 is 2.66 bits per heavy atom. The number of urea groups is 1. The smallest absolute Gasteiger partial charge is 0.325 e. The Balaban J connectivity index is 1.46. The van der Waals surface area contributed by atoms with E-state index in [-0.39, 0.29) is 18.4 Å². The SMILES string of the molecule is CCCn1c(C)cc2cc(NC(=O)CN3C(=O)NC4(CCCCC4)C3=O)ccc21. The van der Waals surface area contributed by atoms with Crippen molar-refractivity contribution >= 4 is 34.4 Å². The monoisotopic (exact) mass is 396 g/mol. The van der Waals surface area contributed by atoms with Crippen molar-refractivity contribution in [1.29, 1.82) is 0 Å². The van der Waals surface area contributed by atoms with Crippen LogP contribution in [0.25, 0.3) is 10.9 Å². The van der Waals surface area contributed by atoms with Crippen LogP contribution in [0.5, 0.6) is 0 Å². The van der Waals surface area contributed by atoms with Crippen LogP contribution in [0.15, 0.2) is 24.3 Å². The molecule has 29 heavy (non-hydrogen) atoms. The number of nitrogens with one attached hydrogen (secondary N) is 2. The van der Waals surface area contributed by atoms with Crippen molar-refractivity contribution in [3.63, 3.8) is 0 Å². The summed E-state index contributed by atoms with van der Waals surface area (Å²) in [5.41, 5.74) is 2.18. The lowest BCUT2D eigenvalue weighted by Crippen LogP contribution is -2.48. The van der Waals surface area contributed by atoms with E-state index in [0.29, 0.717) is 18.5 Å². The maximum absolute atomic E-state index is 12.8. The van der Waals surface area contributed by atoms with E-state index in [1.807, 2.05) is 18.2 Å². The summed E-state index contributed by atoms with van der Waals surface area (Å²) in [6, 6.07) is 7.43. The van der Waals surface area contributed by atoms with Crippen LogP contribution in [-0.4, -0.2) is 39.4 Å². The van der Waals surface area contributed by atoms with E-state index in [2.05, 4.69) is 35.1 Å². The van der Waals surface area contributed by atoms with Crippen molar-refractivity contribution < 1.29 is 14.4 Å². The second kappa shape index (κ2) is 7.54. The first kappa shape index (κ1) is 19.5. The number of carbonyl (C=O) groups excluding carboxylic acids is 3. The lowest BCUT2D eigenvalue weighted by molar-refractivity contribution is -0.134. The van der Waals surface area contributed by atoms with Crippen molar-refractivity contribution in [1.82, 2.24) is 14.8 Å². The molecule has 1 aliphatic carbocycles. The minimum absolute atomic E-state index is 0.264. The molecule has 4 amide bonds. The largest absolute Gasteiger partial charge is 0.345 e. The van der Waals surface area contributed by atoms with Crippen LogP contribution in [0.3, 0.4) is 0 Å². The maximum atomic E-state index is 12.8. The fourth-order valence-electron chi connectivity index (χ4n) is 4.67. The van der Waals surface area contributed by atoms with Gasteiger partial charge in [0.15, 0.2) is 0 Å². The van der Waals surface area contributed by atoms with Crippen LogP contribution in [0.4, 0.5) is 10.5 Å². The van der Waals surface area contributed by atoms with Crippen molar-refractivity contribution in [2.75, 3.05) is 11.9 Å². The summed E-state index contributed by atoms with van der Waals surface area (Å²) in [5, 5.41) is 6.73. The first-order chi connectivity index (χ1) is 13.9. The van der Waals surface area contributed by atoms with E-state index in [0.717, 1.165) is 48.0 Å². The van der Waals surface area contributed by atoms with Crippen LogP contribution >= 0.6 is 0 Å². The second-order valence-corrected chi connectivity index (χ2v) is 8.22. The molecule has 0 radical (unpaired) electrons. The molecule has 2 aromatic rings. The molecule has 1 aromatic heterocycles. The Labute approximate surface area is 170 Å². The molecule has 1 saturated carbocycles. The van der Waals surface area contributed by atoms with Gasteiger partial charge in [-0.2, -0.15) is 0 Å². The van der Waals surface area contributed by atoms with Gasteiger partial charge in [0.2, 0.25) is 5.91 Å². The number of amides is 4. The first-order valence-electron chi connectivity index (χ1n) is 10.5. The van der Waals surface area contributed by atoms with Crippen LogP contribution in [0, 0.1) is 6.92 Å². The highest BCUT2D eigenvalue weighted by Gasteiger charge is 2.51. The average Bonchev–Trinajstić information content (AvgIpc) is 3.11. The number of fused-ring (bicyclic) bond motifs is 1. The molecule has 2 heterocycles. The molecule has 4 rings (SSSR count). The zero-order valence-corrected chi connectivity index (χ0v) is 17.1. The van der Waals surface area contributed by atoms with Crippen molar-refractivity contribution in [2.24, 2.45) is 0 Å². The van der Waals surface area contributed by atoms with E-state index in [4.69, 9.17) is 0 Å². The standard InChI is InChI=1S/C22H28N4O3/c1-3-11-25-15(2)12-16-13-17(7-8-18(16)25)23-19(27)14-26-20(28)22(24-21(26)29)9-5-4-6-10-22/h7-8,12-13H,3-6,9-11,14H2,1-2H3,(H,23,27)(H,24,29). The molecule has 7 nitrogen and oxygen atoms in total. The van der Waals surface area contributed by atoms with Gasteiger partial charge in [-0.25, -0.2) is 4.79 Å². The van der Waals surface area contributed by atoms with Gasteiger partial charge < -0.3 is 15.2 Å². The quantitative estimate of drug-likeness (QED) is 0.758. The van der Waals surface area contributed by atoms with Crippen LogP contribution in [0.1, 0.15) is 51.1 Å². The number of imide groups is 1. The minimum Gasteiger partial charge on any atom is -0.345 e. The van der Waals surface area contributed by atoms with E-state index >= 15 is 0 Å². The summed E-state index contributed by atoms with van der Waals surface area (Å²) in [6.45, 7) is 4.91. The molecule has 1 aromatic carbocycles. The second-order valence-electron chi connectivity index (χ2n) is 8.22. The minimum atomic E-state index is -0.797. The van der Waals surface area contributed by atoms with Gasteiger partial charge in [-0.1, -0.05) is 26.2 Å². The Morgan fingerprint density at radius 1 is 1.17 bits per heavy atom. The summed E-state index contributed by atoms with van der Waals surface area (Å²) >= 11 is 0. The molecule has 0 bridgehead atoms. The third kappa shape index (κ3) is 3.50. The molecule has 0 atom stereocenters. The predicted molar refractivity (Wildman–Crippen MR) is 112 cm³/mol. The number of carbonyl (C=O) groups is 3. The highest BCUT2D eigenvalue weighted by atomic mass is 16.2. The van der Waals surface area contributed by atoms with Gasteiger partial charge in [-0.3, -0.25) is 14.5 Å². The summed E-state index contributed by atoms with van der Waals surface area (Å²) in [7, 11) is 0. The highest BCUT2D eigenvalue weighted by molar-refractivity contribution is 6.10. The number of hydrogen-bond acceptors (Lipinski definition) is 3. The van der Waals surface area contributed by atoms with E-state index in [1.165, 1.54) is 5.69 Å². The average molecular weight is 396 g/mol. The molecule has 154 valence electrons. The molecule has 0 unspecified atom stereocenters. The van der Waals surface area contributed by atoms with Gasteiger partial charge in [0, 0.05) is 28.8 Å². The molecule has 2 aliphatic rings. The van der Waals surface area contributed by atoms with Gasteiger partial charge in [0.25, 0.3) is 5.91 Å². The van der Waals surface area contributed by atoms with Gasteiger partial charge in [0.05, 0.1) is 0 Å². The van der Waals surface area contributed by atoms with Crippen molar-refractivity contribution in [3.8, 4) is 0 Å². The summed E-state index contributed by atoms with van der Waals surface area (Å²) in [4.78, 5) is 38.8. The predicted octanol–water partition coefficient (Wildman–Crippen LogP) is 3.55. The van der Waals surface area contributed by atoms with E-state index < -0.39 is 11.6 Å². The summed E-state index contributed by atoms with van der Waals surface area (Å²) in [5.74, 6) is -0.634. The number of rotatable bonds is 5. The molecule has 7 heteroatoms. The van der Waals surface area contributed by atoms with Crippen LogP contribution in [-0.2, 0) is 16.1 Å². The Hall–Kier alpha value is -2.83. The molecular weight excluding hydrogens is 368 g/mol. The van der Waals surface area contributed by atoms with Crippen LogP contribution in [0.2, 0.25) is 0 Å². The number of benzene rings is 1. The number of nitrogens with zero attached hydrogens (tertiary/aromatic N) is 2. The zero-order chi connectivity index (χ0) is 20.6. The normalized spacial score (nSPS) is 18.5. The Kier molecular flexibility index (Phi) is 5.06. The van der Waals surface area contributed by atoms with Gasteiger partial charge in [-0.15, -0.1) is 0 Å². The number of anilines is 1. The molecular formula is C22H28N4O3. The fraction of sp³-hybridized carbons (Fsp3) is 0.500. The topological polar surface area (TPSA) is 83.4 Å². The zero-order valence-electron chi connectivity index (χ0n) is 17.1. The summed E-state index contributed by atoms with van der Waals surface area (Å²) in [6.07, 6.45) is 5.27. The molecule has 1 saturated heterocycles. The van der Waals surface area contributed by atoms with E-state index in [9.17, 15) is 14.4 Å². The third-order valence-corrected chi connectivity index (χ3v) is 6.09. The fourth-order valence-corrected chi connectivity index (χ4v) is 4.67. The van der Waals surface area contributed by atoms with Crippen LogP contribution < -0.4 is 10.6 Å². The molecule has 1 spiro atoms. The summed E-state index contributed by atoms with van der Waals surface area (Å²) < 4.78 is 2.26. The van der Waals surface area contributed by atoms with Gasteiger partial charge >= 0.3 is 6.03 Å². The number of aryl methyl sites for hydroxylation is 2. The van der Waals surface area contributed by atoms with Crippen molar-refractivity contribution in [2.45, 2.75) is 64.5 Å². The number of aromatic nitrogens is 1. The lowest BCUT2D eigenvalue weighted by Gasteiger charge is -2.30. The van der Waals surface area contributed by atoms with Crippen molar-refractivity contribution in [3.05, 3.63) is 30.0 Å². The highest BCUT2D eigenvalue weighted by Crippen LogP contribution is 2.33.